The molecule has 0 saturated heterocycles. The number of hydrogen-bond donors (Lipinski definition) is 1. The fourth-order valence-corrected chi connectivity index (χ4v) is 2.24. The van der Waals surface area contributed by atoms with Crippen molar-refractivity contribution < 1.29 is 9.18 Å². The highest BCUT2D eigenvalue weighted by Gasteiger charge is 2.08. The number of aromatic nitrogens is 1. The standard InChI is InChI=1S/C13H9Br2FN2O/c14-10-3-9(5-17-7-10)13(19)18-6-8-4-11(16)1-2-12(8)15/h1-5,7H,6H2,(H,18,19). The summed E-state index contributed by atoms with van der Waals surface area (Å²) in [5, 5.41) is 2.71. The molecule has 2 aromatic rings. The number of carbonyl (C=O) groups excluding carboxylic acids is 1. The maximum Gasteiger partial charge on any atom is 0.253 e. The van der Waals surface area contributed by atoms with Crippen LogP contribution in [0, 0.1) is 5.82 Å². The van der Waals surface area contributed by atoms with Crippen molar-refractivity contribution in [3.8, 4) is 0 Å². The van der Waals surface area contributed by atoms with Gasteiger partial charge in [-0.1, -0.05) is 15.9 Å². The van der Waals surface area contributed by atoms with E-state index in [0.717, 1.165) is 8.95 Å². The molecule has 98 valence electrons. The van der Waals surface area contributed by atoms with Gasteiger partial charge in [0.05, 0.1) is 5.56 Å². The van der Waals surface area contributed by atoms with Crippen molar-refractivity contribution in [3.05, 3.63) is 62.5 Å². The molecule has 1 aromatic heterocycles. The fourth-order valence-electron chi connectivity index (χ4n) is 1.49. The molecule has 19 heavy (non-hydrogen) atoms. The Morgan fingerprint density at radius 1 is 1.26 bits per heavy atom. The zero-order chi connectivity index (χ0) is 13.8. The number of carbonyl (C=O) groups is 1. The second-order valence-electron chi connectivity index (χ2n) is 3.81. The zero-order valence-corrected chi connectivity index (χ0v) is 12.8. The van der Waals surface area contributed by atoms with Crippen molar-refractivity contribution in [2.75, 3.05) is 0 Å². The van der Waals surface area contributed by atoms with Gasteiger partial charge in [0.15, 0.2) is 0 Å². The molecular weight excluding hydrogens is 379 g/mol. The van der Waals surface area contributed by atoms with Crippen molar-refractivity contribution >= 4 is 37.8 Å². The van der Waals surface area contributed by atoms with Gasteiger partial charge in [-0.05, 0) is 45.8 Å². The van der Waals surface area contributed by atoms with Crippen molar-refractivity contribution in [3.63, 3.8) is 0 Å². The van der Waals surface area contributed by atoms with Crippen LogP contribution in [-0.2, 0) is 6.54 Å². The fraction of sp³-hybridized carbons (Fsp3) is 0.0769. The Hall–Kier alpha value is -1.27. The number of nitrogens with zero attached hydrogens (tertiary/aromatic N) is 1. The molecule has 0 aliphatic rings. The summed E-state index contributed by atoms with van der Waals surface area (Å²) < 4.78 is 14.6. The average molecular weight is 388 g/mol. The molecule has 0 radical (unpaired) electrons. The highest BCUT2D eigenvalue weighted by molar-refractivity contribution is 9.10. The van der Waals surface area contributed by atoms with Gasteiger partial charge in [0.1, 0.15) is 5.82 Å². The molecule has 0 spiro atoms. The highest BCUT2D eigenvalue weighted by Crippen LogP contribution is 2.17. The lowest BCUT2D eigenvalue weighted by Crippen LogP contribution is -2.23. The molecule has 0 saturated carbocycles. The summed E-state index contributed by atoms with van der Waals surface area (Å²) in [5.41, 5.74) is 1.12. The molecule has 1 N–H and O–H groups in total. The number of rotatable bonds is 3. The number of benzene rings is 1. The predicted octanol–water partition coefficient (Wildman–Crippen LogP) is 3.68. The average Bonchev–Trinajstić information content (AvgIpc) is 2.39. The molecule has 0 atom stereocenters. The normalized spacial score (nSPS) is 10.3. The van der Waals surface area contributed by atoms with E-state index < -0.39 is 0 Å². The van der Waals surface area contributed by atoms with Crippen LogP contribution in [0.1, 0.15) is 15.9 Å². The van der Waals surface area contributed by atoms with Crippen LogP contribution in [0.4, 0.5) is 4.39 Å². The van der Waals surface area contributed by atoms with Crippen LogP contribution in [0.3, 0.4) is 0 Å². The first-order chi connectivity index (χ1) is 9.06. The van der Waals surface area contributed by atoms with Crippen molar-refractivity contribution in [2.24, 2.45) is 0 Å². The number of halogens is 3. The lowest BCUT2D eigenvalue weighted by Gasteiger charge is -2.07. The van der Waals surface area contributed by atoms with Crippen molar-refractivity contribution in [2.45, 2.75) is 6.54 Å². The highest BCUT2D eigenvalue weighted by atomic mass is 79.9. The molecule has 3 nitrogen and oxygen atoms in total. The largest absolute Gasteiger partial charge is 0.348 e. The Morgan fingerprint density at radius 3 is 2.79 bits per heavy atom. The Bertz CT molecular complexity index is 619. The van der Waals surface area contributed by atoms with Crippen molar-refractivity contribution in [1.82, 2.24) is 10.3 Å². The molecule has 6 heteroatoms. The molecule has 1 aromatic carbocycles. The van der Waals surface area contributed by atoms with Crippen molar-refractivity contribution in [1.29, 1.82) is 0 Å². The van der Waals surface area contributed by atoms with Crippen LogP contribution in [0.15, 0.2) is 45.6 Å². The molecule has 0 unspecified atom stereocenters. The van der Waals surface area contributed by atoms with Gasteiger partial charge in [0.25, 0.3) is 5.91 Å². The van der Waals surface area contributed by atoms with E-state index in [1.54, 1.807) is 18.3 Å². The lowest BCUT2D eigenvalue weighted by atomic mass is 10.2. The third kappa shape index (κ3) is 3.84. The van der Waals surface area contributed by atoms with E-state index in [4.69, 9.17) is 0 Å². The first-order valence-electron chi connectivity index (χ1n) is 5.39. The van der Waals surface area contributed by atoms with Crippen LogP contribution >= 0.6 is 31.9 Å². The summed E-state index contributed by atoms with van der Waals surface area (Å²) >= 11 is 6.56. The summed E-state index contributed by atoms with van der Waals surface area (Å²) in [6.07, 6.45) is 3.07. The maximum absolute atomic E-state index is 13.1. The summed E-state index contributed by atoms with van der Waals surface area (Å²) in [6, 6.07) is 6.01. The maximum atomic E-state index is 13.1. The summed E-state index contributed by atoms with van der Waals surface area (Å²) in [4.78, 5) is 15.8. The monoisotopic (exact) mass is 386 g/mol. The minimum Gasteiger partial charge on any atom is -0.348 e. The SMILES string of the molecule is O=C(NCc1cc(F)ccc1Br)c1cncc(Br)c1. The van der Waals surface area contributed by atoms with Crippen LogP contribution in [0.25, 0.3) is 0 Å². The number of pyridine rings is 1. The topological polar surface area (TPSA) is 42.0 Å². The molecule has 1 amide bonds. The molecule has 0 aliphatic carbocycles. The van der Waals surface area contributed by atoms with Gasteiger partial charge >= 0.3 is 0 Å². The van der Waals surface area contributed by atoms with E-state index >= 15 is 0 Å². The molecular formula is C13H9Br2FN2O. The van der Waals surface area contributed by atoms with Crippen LogP contribution in [0.2, 0.25) is 0 Å². The first-order valence-corrected chi connectivity index (χ1v) is 6.97. The van der Waals surface area contributed by atoms with Crippen LogP contribution < -0.4 is 5.32 Å². The molecule has 1 heterocycles. The molecule has 0 fully saturated rings. The van der Waals surface area contributed by atoms with Crippen LogP contribution in [0.5, 0.6) is 0 Å². The third-order valence-corrected chi connectivity index (χ3v) is 3.62. The van der Waals surface area contributed by atoms with E-state index in [9.17, 15) is 9.18 Å². The summed E-state index contributed by atoms with van der Waals surface area (Å²) in [7, 11) is 0. The molecule has 0 aliphatic heterocycles. The van der Waals surface area contributed by atoms with Crippen LogP contribution in [-0.4, -0.2) is 10.9 Å². The number of nitrogens with one attached hydrogen (secondary N) is 1. The quantitative estimate of drug-likeness (QED) is 0.872. The summed E-state index contributed by atoms with van der Waals surface area (Å²) in [6.45, 7) is 0.240. The van der Waals surface area contributed by atoms with Gasteiger partial charge in [-0.2, -0.15) is 0 Å². The zero-order valence-electron chi connectivity index (χ0n) is 9.66. The van der Waals surface area contributed by atoms with Gasteiger partial charge in [-0.3, -0.25) is 9.78 Å². The molecule has 0 bridgehead atoms. The van der Waals surface area contributed by atoms with Gasteiger partial charge in [-0.15, -0.1) is 0 Å². The number of amides is 1. The third-order valence-electron chi connectivity index (χ3n) is 2.41. The lowest BCUT2D eigenvalue weighted by molar-refractivity contribution is 0.0950. The Labute approximate surface area is 126 Å². The minimum atomic E-state index is -0.337. The predicted molar refractivity (Wildman–Crippen MR) is 77.2 cm³/mol. The van der Waals surface area contributed by atoms with Gasteiger partial charge in [0.2, 0.25) is 0 Å². The van der Waals surface area contributed by atoms with E-state index in [-0.39, 0.29) is 18.3 Å². The van der Waals surface area contributed by atoms with Gasteiger partial charge in [-0.25, -0.2) is 4.39 Å². The Kier molecular flexibility index (Phi) is 4.66. The Morgan fingerprint density at radius 2 is 2.05 bits per heavy atom. The van der Waals surface area contributed by atoms with E-state index in [0.29, 0.717) is 11.1 Å². The van der Waals surface area contributed by atoms with E-state index in [1.807, 2.05) is 0 Å². The summed E-state index contributed by atoms with van der Waals surface area (Å²) in [5.74, 6) is -0.596. The van der Waals surface area contributed by atoms with E-state index in [1.165, 1.54) is 18.3 Å². The molecule has 2 rings (SSSR count). The Balaban J connectivity index is 2.06. The smallest absolute Gasteiger partial charge is 0.253 e. The second kappa shape index (κ2) is 6.25. The van der Waals surface area contributed by atoms with E-state index in [2.05, 4.69) is 42.2 Å². The van der Waals surface area contributed by atoms with Gasteiger partial charge in [0, 0.05) is 27.9 Å². The van der Waals surface area contributed by atoms with Gasteiger partial charge < -0.3 is 5.32 Å². The number of hydrogen-bond acceptors (Lipinski definition) is 2. The first kappa shape index (κ1) is 14.1. The minimum absolute atomic E-state index is 0.240. The second-order valence-corrected chi connectivity index (χ2v) is 5.58.